The predicted molar refractivity (Wildman–Crippen MR) is 83.1 cm³/mol. The quantitative estimate of drug-likeness (QED) is 0.820. The number of rotatable bonds is 3. The van der Waals surface area contributed by atoms with E-state index >= 15 is 0 Å². The van der Waals surface area contributed by atoms with E-state index in [0.717, 1.165) is 0 Å². The molecule has 0 fully saturated rings. The third kappa shape index (κ3) is 3.12. The van der Waals surface area contributed by atoms with Crippen LogP contribution < -0.4 is 10.5 Å². The Morgan fingerprint density at radius 2 is 1.75 bits per heavy atom. The van der Waals surface area contributed by atoms with Crippen LogP contribution in [0.15, 0.2) is 41.3 Å². The molecule has 0 radical (unpaired) electrons. The smallest absolute Gasteiger partial charge is 0.263 e. The van der Waals surface area contributed by atoms with E-state index in [1.54, 1.807) is 12.1 Å². The molecule has 0 aliphatic heterocycles. The largest absolute Gasteiger partial charge is 0.398 e. The van der Waals surface area contributed by atoms with E-state index in [4.69, 9.17) is 40.5 Å². The summed E-state index contributed by atoms with van der Waals surface area (Å²) in [5.74, 6) is 0. The van der Waals surface area contributed by atoms with Gasteiger partial charge in [0.15, 0.2) is 0 Å². The Morgan fingerprint density at radius 3 is 2.40 bits per heavy atom. The second-order valence-corrected chi connectivity index (χ2v) is 6.76. The second kappa shape index (κ2) is 5.69. The van der Waals surface area contributed by atoms with Crippen LogP contribution in [-0.2, 0) is 10.0 Å². The van der Waals surface area contributed by atoms with Crippen molar-refractivity contribution in [2.24, 2.45) is 0 Å². The first-order chi connectivity index (χ1) is 9.31. The average Bonchev–Trinajstić information content (AvgIpc) is 2.34. The van der Waals surface area contributed by atoms with Crippen molar-refractivity contribution in [1.29, 1.82) is 0 Å². The number of nitrogens with two attached hydrogens (primary N) is 1. The Bertz CT molecular complexity index is 763. The first kappa shape index (κ1) is 15.3. The molecule has 0 bridgehead atoms. The molecule has 0 amide bonds. The molecular formula is C12H9Cl3N2O2S. The van der Waals surface area contributed by atoms with Crippen LogP contribution in [0, 0.1) is 0 Å². The van der Waals surface area contributed by atoms with Gasteiger partial charge in [0.05, 0.1) is 21.4 Å². The van der Waals surface area contributed by atoms with E-state index in [-0.39, 0.29) is 26.3 Å². The molecule has 0 unspecified atom stereocenters. The summed E-state index contributed by atoms with van der Waals surface area (Å²) >= 11 is 17.5. The summed E-state index contributed by atoms with van der Waals surface area (Å²) in [7, 11) is -3.88. The Morgan fingerprint density at radius 1 is 1.05 bits per heavy atom. The fraction of sp³-hybridized carbons (Fsp3) is 0. The van der Waals surface area contributed by atoms with E-state index < -0.39 is 10.0 Å². The summed E-state index contributed by atoms with van der Waals surface area (Å²) < 4.78 is 26.9. The van der Waals surface area contributed by atoms with E-state index in [1.165, 1.54) is 24.3 Å². The van der Waals surface area contributed by atoms with Crippen LogP contribution in [0.25, 0.3) is 0 Å². The minimum atomic E-state index is -3.88. The second-order valence-electron chi connectivity index (χ2n) is 3.89. The van der Waals surface area contributed by atoms with Crippen molar-refractivity contribution in [3.05, 3.63) is 51.5 Å². The maximum Gasteiger partial charge on any atom is 0.263 e. The SMILES string of the molecule is Nc1cc(Cl)ccc1S(=O)(=O)Nc1cccc(Cl)c1Cl. The molecule has 20 heavy (non-hydrogen) atoms. The van der Waals surface area contributed by atoms with Gasteiger partial charge in [0.1, 0.15) is 4.90 Å². The van der Waals surface area contributed by atoms with Crippen molar-refractivity contribution >= 4 is 56.2 Å². The van der Waals surface area contributed by atoms with Crippen molar-refractivity contribution in [1.82, 2.24) is 0 Å². The normalized spacial score (nSPS) is 11.3. The molecule has 0 aliphatic rings. The lowest BCUT2D eigenvalue weighted by molar-refractivity contribution is 0.601. The van der Waals surface area contributed by atoms with Gasteiger partial charge >= 0.3 is 0 Å². The number of sulfonamides is 1. The Hall–Kier alpha value is -1.14. The zero-order chi connectivity index (χ0) is 14.9. The molecule has 2 aromatic carbocycles. The van der Waals surface area contributed by atoms with Crippen molar-refractivity contribution in [2.45, 2.75) is 4.90 Å². The molecule has 0 saturated heterocycles. The summed E-state index contributed by atoms with van der Waals surface area (Å²) in [5, 5.41) is 0.712. The third-order valence-corrected chi connectivity index (χ3v) is 4.95. The van der Waals surface area contributed by atoms with Crippen LogP contribution >= 0.6 is 34.8 Å². The molecule has 0 saturated carbocycles. The number of hydrogen-bond acceptors (Lipinski definition) is 3. The summed E-state index contributed by atoms with van der Waals surface area (Å²) in [6, 6.07) is 8.74. The van der Waals surface area contributed by atoms with Crippen LogP contribution in [0.3, 0.4) is 0 Å². The number of halogens is 3. The monoisotopic (exact) mass is 350 g/mol. The molecule has 2 aromatic rings. The Balaban J connectivity index is 2.44. The first-order valence-electron chi connectivity index (χ1n) is 5.33. The summed E-state index contributed by atoms with van der Waals surface area (Å²) in [6.07, 6.45) is 0. The highest BCUT2D eigenvalue weighted by molar-refractivity contribution is 7.92. The van der Waals surface area contributed by atoms with Crippen LogP contribution in [-0.4, -0.2) is 8.42 Å². The number of hydrogen-bond donors (Lipinski definition) is 2. The highest BCUT2D eigenvalue weighted by atomic mass is 35.5. The van der Waals surface area contributed by atoms with Crippen molar-refractivity contribution in [3.8, 4) is 0 Å². The minimum Gasteiger partial charge on any atom is -0.398 e. The van der Waals surface area contributed by atoms with Crippen molar-refractivity contribution in [2.75, 3.05) is 10.5 Å². The zero-order valence-electron chi connectivity index (χ0n) is 9.90. The summed E-state index contributed by atoms with van der Waals surface area (Å²) in [6.45, 7) is 0. The van der Waals surface area contributed by atoms with Gasteiger partial charge in [-0.25, -0.2) is 8.42 Å². The van der Waals surface area contributed by atoms with E-state index in [9.17, 15) is 8.42 Å². The molecule has 0 heterocycles. The molecule has 0 atom stereocenters. The maximum absolute atomic E-state index is 12.3. The lowest BCUT2D eigenvalue weighted by Gasteiger charge is -2.12. The Labute approximate surface area is 131 Å². The molecule has 3 N–H and O–H groups in total. The average molecular weight is 352 g/mol. The van der Waals surface area contributed by atoms with E-state index in [0.29, 0.717) is 5.02 Å². The van der Waals surface area contributed by atoms with Crippen molar-refractivity contribution < 1.29 is 8.42 Å². The number of nitrogen functional groups attached to an aromatic ring is 1. The summed E-state index contributed by atoms with van der Waals surface area (Å²) in [4.78, 5) is -0.0852. The predicted octanol–water partition coefficient (Wildman–Crippen LogP) is 4.03. The fourth-order valence-corrected chi connectivity index (χ4v) is 3.32. The van der Waals surface area contributed by atoms with Crippen LogP contribution in [0.4, 0.5) is 11.4 Å². The molecule has 8 heteroatoms. The fourth-order valence-electron chi connectivity index (χ4n) is 1.55. The number of anilines is 2. The van der Waals surface area contributed by atoms with Gasteiger partial charge in [-0.2, -0.15) is 0 Å². The molecular weight excluding hydrogens is 343 g/mol. The van der Waals surface area contributed by atoms with Gasteiger partial charge in [0.2, 0.25) is 0 Å². The van der Waals surface area contributed by atoms with Gasteiger partial charge in [-0.05, 0) is 30.3 Å². The van der Waals surface area contributed by atoms with E-state index in [1.807, 2.05) is 0 Å². The third-order valence-electron chi connectivity index (χ3n) is 2.46. The van der Waals surface area contributed by atoms with Crippen molar-refractivity contribution in [3.63, 3.8) is 0 Å². The maximum atomic E-state index is 12.3. The highest BCUT2D eigenvalue weighted by Gasteiger charge is 2.19. The molecule has 106 valence electrons. The molecule has 0 aromatic heterocycles. The lowest BCUT2D eigenvalue weighted by Crippen LogP contribution is -2.15. The molecule has 4 nitrogen and oxygen atoms in total. The topological polar surface area (TPSA) is 72.2 Å². The van der Waals surface area contributed by atoms with Crippen LogP contribution in [0.2, 0.25) is 15.1 Å². The van der Waals surface area contributed by atoms with Gasteiger partial charge in [-0.15, -0.1) is 0 Å². The molecule has 0 spiro atoms. The standard InChI is InChI=1S/C12H9Cl3N2O2S/c13-7-4-5-11(9(16)6-7)20(18,19)17-10-3-1-2-8(14)12(10)15/h1-6,17H,16H2. The van der Waals surface area contributed by atoms with Crippen LogP contribution in [0.1, 0.15) is 0 Å². The minimum absolute atomic E-state index is 0.0446. The van der Waals surface area contributed by atoms with Gasteiger partial charge in [0, 0.05) is 5.02 Å². The number of nitrogens with one attached hydrogen (secondary N) is 1. The first-order valence-corrected chi connectivity index (χ1v) is 7.95. The molecule has 2 rings (SSSR count). The van der Waals surface area contributed by atoms with Gasteiger partial charge < -0.3 is 5.73 Å². The highest BCUT2D eigenvalue weighted by Crippen LogP contribution is 2.32. The van der Waals surface area contributed by atoms with Crippen LogP contribution in [0.5, 0.6) is 0 Å². The Kier molecular flexibility index (Phi) is 4.34. The molecule has 0 aliphatic carbocycles. The zero-order valence-corrected chi connectivity index (χ0v) is 13.0. The lowest BCUT2D eigenvalue weighted by atomic mass is 10.3. The summed E-state index contributed by atoms with van der Waals surface area (Å²) in [5.41, 5.74) is 5.89. The van der Waals surface area contributed by atoms with Gasteiger partial charge in [0.25, 0.3) is 10.0 Å². The number of benzene rings is 2. The van der Waals surface area contributed by atoms with Gasteiger partial charge in [-0.3, -0.25) is 4.72 Å². The van der Waals surface area contributed by atoms with E-state index in [2.05, 4.69) is 4.72 Å². The van der Waals surface area contributed by atoms with Gasteiger partial charge in [-0.1, -0.05) is 40.9 Å².